The molecule has 0 spiro atoms. The van der Waals surface area contributed by atoms with Crippen molar-refractivity contribution in [1.82, 2.24) is 10.3 Å². The molecule has 1 saturated heterocycles. The van der Waals surface area contributed by atoms with Crippen molar-refractivity contribution in [3.05, 3.63) is 41.1 Å². The Kier molecular flexibility index (Phi) is 7.55. The number of aliphatic hydroxyl groups excluding tert-OH is 1. The molecule has 9 heteroatoms. The number of hydrogen-bond donors (Lipinski definition) is 3. The Morgan fingerprint density at radius 2 is 2.21 bits per heavy atom. The molecule has 1 unspecified atom stereocenters. The molecule has 1 fully saturated rings. The van der Waals surface area contributed by atoms with Gasteiger partial charge >= 0.3 is 6.18 Å². The van der Waals surface area contributed by atoms with E-state index in [1.54, 1.807) is 6.92 Å². The standard InChI is InChI=1S/C20H26F3N5O/c1-4-6-13-12-28(11-10-26-13)16-9-8-15(20(21,22)23)17(27-16)18(29)14(7-5-2)19(24)25-3/h5,7-9,13,24,26,29H,3-4,6,10-12H2,1-2H3/b7-5-,18-14?,24-19?. The summed E-state index contributed by atoms with van der Waals surface area (Å²) in [5.41, 5.74) is -1.87. The van der Waals surface area contributed by atoms with Gasteiger partial charge in [-0.2, -0.15) is 13.2 Å². The number of pyridine rings is 1. The Labute approximate surface area is 168 Å². The molecule has 158 valence electrons. The first-order valence-electron chi connectivity index (χ1n) is 9.41. The summed E-state index contributed by atoms with van der Waals surface area (Å²) in [6.07, 6.45) is 0.0255. The summed E-state index contributed by atoms with van der Waals surface area (Å²) in [6, 6.07) is 2.46. The Bertz CT molecular complexity index is 815. The van der Waals surface area contributed by atoms with Crippen molar-refractivity contribution in [2.75, 3.05) is 24.5 Å². The normalized spacial score (nSPS) is 18.7. The summed E-state index contributed by atoms with van der Waals surface area (Å²) >= 11 is 0. The monoisotopic (exact) mass is 409 g/mol. The number of hydrogen-bond acceptors (Lipinski definition) is 5. The van der Waals surface area contributed by atoms with Crippen molar-refractivity contribution in [3.8, 4) is 0 Å². The second kappa shape index (κ2) is 9.69. The number of nitrogens with zero attached hydrogens (tertiary/aromatic N) is 3. The van der Waals surface area contributed by atoms with Crippen LogP contribution in [0.5, 0.6) is 0 Å². The third kappa shape index (κ3) is 5.44. The van der Waals surface area contributed by atoms with Gasteiger partial charge in [0.15, 0.2) is 11.6 Å². The molecule has 1 aromatic rings. The second-order valence-electron chi connectivity index (χ2n) is 6.72. The fraction of sp³-hybridized carbons (Fsp3) is 0.450. The van der Waals surface area contributed by atoms with E-state index in [1.165, 1.54) is 18.2 Å². The molecule has 1 aliphatic rings. The number of anilines is 1. The van der Waals surface area contributed by atoms with Crippen LogP contribution in [0.25, 0.3) is 5.76 Å². The fourth-order valence-corrected chi connectivity index (χ4v) is 3.26. The third-order valence-corrected chi connectivity index (χ3v) is 4.63. The second-order valence-corrected chi connectivity index (χ2v) is 6.72. The van der Waals surface area contributed by atoms with Gasteiger partial charge in [-0.1, -0.05) is 25.5 Å². The lowest BCUT2D eigenvalue weighted by Gasteiger charge is -2.34. The summed E-state index contributed by atoms with van der Waals surface area (Å²) in [7, 11) is 0. The first-order valence-corrected chi connectivity index (χ1v) is 9.41. The SMILES string of the molecule is C=NC(=N)C(/C=C\C)=C(O)c1nc(N2CCNC(CCC)C2)ccc1C(F)(F)F. The summed E-state index contributed by atoms with van der Waals surface area (Å²) in [4.78, 5) is 9.48. The number of halogens is 3. The molecule has 1 aromatic heterocycles. The summed E-state index contributed by atoms with van der Waals surface area (Å²) in [5, 5.41) is 21.8. The van der Waals surface area contributed by atoms with Gasteiger partial charge in [-0.05, 0) is 32.2 Å². The zero-order valence-electron chi connectivity index (χ0n) is 16.6. The largest absolute Gasteiger partial charge is 0.505 e. The smallest absolute Gasteiger partial charge is 0.418 e. The Hall–Kier alpha value is -2.68. The highest BCUT2D eigenvalue weighted by Crippen LogP contribution is 2.36. The Balaban J connectivity index is 2.58. The van der Waals surface area contributed by atoms with E-state index in [-0.39, 0.29) is 11.6 Å². The van der Waals surface area contributed by atoms with Crippen LogP contribution in [-0.2, 0) is 6.18 Å². The lowest BCUT2D eigenvalue weighted by atomic mass is 10.1. The number of aromatic nitrogens is 1. The number of nitrogens with one attached hydrogen (secondary N) is 2. The maximum absolute atomic E-state index is 13.6. The van der Waals surface area contributed by atoms with Crippen LogP contribution in [0.4, 0.5) is 19.0 Å². The number of piperazine rings is 1. The quantitative estimate of drug-likeness (QED) is 0.285. The molecule has 0 aliphatic carbocycles. The summed E-state index contributed by atoms with van der Waals surface area (Å²) in [6.45, 7) is 8.81. The zero-order valence-corrected chi connectivity index (χ0v) is 16.6. The number of amidine groups is 1. The first-order chi connectivity index (χ1) is 13.7. The molecule has 0 aromatic carbocycles. The molecule has 2 rings (SSSR count). The average Bonchev–Trinajstić information content (AvgIpc) is 2.70. The van der Waals surface area contributed by atoms with Gasteiger partial charge in [-0.3, -0.25) is 5.41 Å². The van der Waals surface area contributed by atoms with Gasteiger partial charge < -0.3 is 15.3 Å². The average molecular weight is 409 g/mol. The van der Waals surface area contributed by atoms with Crippen molar-refractivity contribution in [1.29, 1.82) is 5.41 Å². The highest BCUT2D eigenvalue weighted by atomic mass is 19.4. The predicted molar refractivity (Wildman–Crippen MR) is 110 cm³/mol. The van der Waals surface area contributed by atoms with Gasteiger partial charge in [0.2, 0.25) is 0 Å². The highest BCUT2D eigenvalue weighted by Gasteiger charge is 2.36. The van der Waals surface area contributed by atoms with Crippen LogP contribution in [0.1, 0.15) is 37.9 Å². The van der Waals surface area contributed by atoms with Gasteiger partial charge in [0.05, 0.1) is 11.1 Å². The Morgan fingerprint density at radius 1 is 1.48 bits per heavy atom. The minimum atomic E-state index is -4.71. The van der Waals surface area contributed by atoms with Gasteiger partial charge in [-0.25, -0.2) is 9.98 Å². The minimum Gasteiger partial charge on any atom is -0.505 e. The van der Waals surface area contributed by atoms with Crippen molar-refractivity contribution < 1.29 is 18.3 Å². The van der Waals surface area contributed by atoms with Crippen LogP contribution in [-0.4, -0.2) is 48.3 Å². The highest BCUT2D eigenvalue weighted by molar-refractivity contribution is 6.06. The van der Waals surface area contributed by atoms with Gasteiger partial charge in [0, 0.05) is 25.7 Å². The fourth-order valence-electron chi connectivity index (χ4n) is 3.26. The molecule has 0 saturated carbocycles. The maximum Gasteiger partial charge on any atom is 0.418 e. The molecule has 1 atom stereocenters. The minimum absolute atomic E-state index is 0.179. The molecule has 0 bridgehead atoms. The van der Waals surface area contributed by atoms with Crippen LogP contribution in [0.15, 0.2) is 34.9 Å². The molecular formula is C20H26F3N5O. The number of rotatable bonds is 6. The molecule has 29 heavy (non-hydrogen) atoms. The summed E-state index contributed by atoms with van der Waals surface area (Å²) < 4.78 is 40.7. The van der Waals surface area contributed by atoms with Crippen LogP contribution >= 0.6 is 0 Å². The van der Waals surface area contributed by atoms with Gasteiger partial charge in [-0.15, -0.1) is 0 Å². The van der Waals surface area contributed by atoms with E-state index < -0.39 is 29.0 Å². The van der Waals surface area contributed by atoms with Crippen LogP contribution < -0.4 is 10.2 Å². The van der Waals surface area contributed by atoms with Gasteiger partial charge in [0.1, 0.15) is 11.5 Å². The first kappa shape index (κ1) is 22.6. The molecule has 3 N–H and O–H groups in total. The Morgan fingerprint density at radius 3 is 2.79 bits per heavy atom. The number of alkyl halides is 3. The van der Waals surface area contributed by atoms with E-state index >= 15 is 0 Å². The van der Waals surface area contributed by atoms with Crippen LogP contribution in [0, 0.1) is 5.41 Å². The third-order valence-electron chi connectivity index (χ3n) is 4.63. The predicted octanol–water partition coefficient (Wildman–Crippen LogP) is 4.20. The van der Waals surface area contributed by atoms with Crippen molar-refractivity contribution in [2.24, 2.45) is 4.99 Å². The van der Waals surface area contributed by atoms with Crippen LogP contribution in [0.3, 0.4) is 0 Å². The lowest BCUT2D eigenvalue weighted by Crippen LogP contribution is -2.51. The lowest BCUT2D eigenvalue weighted by molar-refractivity contribution is -0.138. The van der Waals surface area contributed by atoms with Gasteiger partial charge in [0.25, 0.3) is 0 Å². The van der Waals surface area contributed by atoms with E-state index in [0.717, 1.165) is 18.9 Å². The van der Waals surface area contributed by atoms with E-state index in [9.17, 15) is 18.3 Å². The molecule has 6 nitrogen and oxygen atoms in total. The maximum atomic E-state index is 13.6. The van der Waals surface area contributed by atoms with Crippen molar-refractivity contribution in [3.63, 3.8) is 0 Å². The number of allylic oxidation sites excluding steroid dienone is 1. The summed E-state index contributed by atoms with van der Waals surface area (Å²) in [5.74, 6) is -0.846. The molecule has 1 aliphatic heterocycles. The van der Waals surface area contributed by atoms with E-state index in [1.807, 2.05) is 4.90 Å². The van der Waals surface area contributed by atoms with E-state index in [4.69, 9.17) is 5.41 Å². The van der Waals surface area contributed by atoms with Crippen molar-refractivity contribution in [2.45, 2.75) is 38.9 Å². The number of aliphatic imine (C=N–C) groups is 1. The zero-order chi connectivity index (χ0) is 21.6. The van der Waals surface area contributed by atoms with Crippen molar-refractivity contribution >= 4 is 24.1 Å². The topological polar surface area (TPSA) is 84.6 Å². The van der Waals surface area contributed by atoms with E-state index in [0.29, 0.717) is 25.5 Å². The van der Waals surface area contributed by atoms with E-state index in [2.05, 4.69) is 28.9 Å². The molecule has 0 radical (unpaired) electrons. The number of aliphatic hydroxyl groups is 1. The van der Waals surface area contributed by atoms with Crippen LogP contribution in [0.2, 0.25) is 0 Å². The molecule has 0 amide bonds. The molecule has 2 heterocycles. The molecular weight excluding hydrogens is 383 g/mol.